The van der Waals surface area contributed by atoms with Crippen LogP contribution >= 0.6 is 0 Å². The van der Waals surface area contributed by atoms with Crippen LogP contribution in [0.3, 0.4) is 0 Å². The zero-order chi connectivity index (χ0) is 16.8. The lowest BCUT2D eigenvalue weighted by atomic mass is 10.0. The van der Waals surface area contributed by atoms with Crippen LogP contribution in [-0.2, 0) is 0 Å². The van der Waals surface area contributed by atoms with Gasteiger partial charge in [-0.25, -0.2) is 4.98 Å². The largest absolute Gasteiger partial charge is 0.497 e. The van der Waals surface area contributed by atoms with Crippen LogP contribution in [0.5, 0.6) is 5.75 Å². The highest BCUT2D eigenvalue weighted by Crippen LogP contribution is 2.23. The van der Waals surface area contributed by atoms with Crippen LogP contribution in [0.25, 0.3) is 0 Å². The molecule has 0 unspecified atom stereocenters. The Morgan fingerprint density at radius 3 is 2.75 bits per heavy atom. The van der Waals surface area contributed by atoms with Gasteiger partial charge in [0.25, 0.3) is 0 Å². The number of anilines is 1. The minimum absolute atomic E-state index is 0.841. The van der Waals surface area contributed by atoms with Crippen molar-refractivity contribution in [3.8, 4) is 17.6 Å². The van der Waals surface area contributed by atoms with Crippen LogP contribution < -0.4 is 9.64 Å². The molecule has 3 nitrogen and oxygen atoms in total. The van der Waals surface area contributed by atoms with Gasteiger partial charge in [-0.2, -0.15) is 0 Å². The number of rotatable bonds is 2. The summed E-state index contributed by atoms with van der Waals surface area (Å²) in [5.41, 5.74) is 3.63. The molecular weight excluding hydrogens is 296 g/mol. The first-order chi connectivity index (χ1) is 11.8. The SMILES string of the molecule is COc1cccc(C#CC=C2CCN(c3ncccc3C)CC2)c1. The van der Waals surface area contributed by atoms with Gasteiger partial charge >= 0.3 is 0 Å². The summed E-state index contributed by atoms with van der Waals surface area (Å²) >= 11 is 0. The van der Waals surface area contributed by atoms with E-state index >= 15 is 0 Å². The summed E-state index contributed by atoms with van der Waals surface area (Å²) in [6.45, 7) is 4.13. The number of ether oxygens (including phenoxy) is 1. The number of pyridine rings is 1. The van der Waals surface area contributed by atoms with Crippen molar-refractivity contribution in [2.45, 2.75) is 19.8 Å². The predicted octanol–water partition coefficient (Wildman–Crippen LogP) is 3.98. The first kappa shape index (κ1) is 16.1. The summed E-state index contributed by atoms with van der Waals surface area (Å²) < 4.78 is 5.22. The molecule has 24 heavy (non-hydrogen) atoms. The lowest BCUT2D eigenvalue weighted by molar-refractivity contribution is 0.414. The Hall–Kier alpha value is -2.73. The normalized spacial score (nSPS) is 13.9. The molecule has 0 aliphatic carbocycles. The third-order valence-electron chi connectivity index (χ3n) is 4.25. The van der Waals surface area contributed by atoms with E-state index in [2.05, 4.69) is 40.8 Å². The van der Waals surface area contributed by atoms with Crippen molar-refractivity contribution in [2.75, 3.05) is 25.1 Å². The molecule has 0 spiro atoms. The first-order valence-corrected chi connectivity index (χ1v) is 8.26. The van der Waals surface area contributed by atoms with E-state index in [4.69, 9.17) is 4.74 Å². The fourth-order valence-electron chi connectivity index (χ4n) is 2.88. The summed E-state index contributed by atoms with van der Waals surface area (Å²) in [7, 11) is 1.67. The van der Waals surface area contributed by atoms with E-state index in [9.17, 15) is 0 Å². The van der Waals surface area contributed by atoms with Crippen LogP contribution in [-0.4, -0.2) is 25.2 Å². The molecule has 0 atom stereocenters. The van der Waals surface area contributed by atoms with Crippen molar-refractivity contribution < 1.29 is 4.74 Å². The summed E-state index contributed by atoms with van der Waals surface area (Å²) in [5.74, 6) is 8.32. The second-order valence-electron chi connectivity index (χ2n) is 5.93. The van der Waals surface area contributed by atoms with Gasteiger partial charge in [0, 0.05) is 24.8 Å². The second-order valence-corrected chi connectivity index (χ2v) is 5.93. The minimum Gasteiger partial charge on any atom is -0.497 e. The van der Waals surface area contributed by atoms with Crippen LogP contribution in [0.4, 0.5) is 5.82 Å². The maximum atomic E-state index is 5.22. The van der Waals surface area contributed by atoms with Crippen LogP contribution in [0.2, 0.25) is 0 Å². The highest BCUT2D eigenvalue weighted by molar-refractivity contribution is 5.47. The van der Waals surface area contributed by atoms with Crippen LogP contribution in [0, 0.1) is 18.8 Å². The van der Waals surface area contributed by atoms with Crippen LogP contribution in [0.1, 0.15) is 24.0 Å². The zero-order valence-electron chi connectivity index (χ0n) is 14.2. The number of nitrogens with zero attached hydrogens (tertiary/aromatic N) is 2. The van der Waals surface area contributed by atoms with E-state index in [-0.39, 0.29) is 0 Å². The average molecular weight is 318 g/mol. The Labute approximate surface area is 144 Å². The molecule has 1 fully saturated rings. The van der Waals surface area contributed by atoms with Gasteiger partial charge in [-0.15, -0.1) is 0 Å². The van der Waals surface area contributed by atoms with E-state index in [1.54, 1.807) is 7.11 Å². The van der Waals surface area contributed by atoms with Crippen molar-refractivity contribution in [2.24, 2.45) is 0 Å². The molecule has 1 saturated heterocycles. The smallest absolute Gasteiger partial charge is 0.131 e. The van der Waals surface area contributed by atoms with Gasteiger partial charge in [0.2, 0.25) is 0 Å². The lowest BCUT2D eigenvalue weighted by Gasteiger charge is -2.30. The van der Waals surface area contributed by atoms with E-state index in [1.807, 2.05) is 36.5 Å². The van der Waals surface area contributed by atoms with Gasteiger partial charge in [0.05, 0.1) is 7.11 Å². The zero-order valence-corrected chi connectivity index (χ0v) is 14.2. The maximum absolute atomic E-state index is 5.22. The number of piperidine rings is 1. The van der Waals surface area contributed by atoms with Crippen molar-refractivity contribution >= 4 is 5.82 Å². The average Bonchev–Trinajstić information content (AvgIpc) is 2.63. The highest BCUT2D eigenvalue weighted by Gasteiger charge is 2.16. The lowest BCUT2D eigenvalue weighted by Crippen LogP contribution is -2.31. The molecular formula is C21H22N2O. The number of hydrogen-bond acceptors (Lipinski definition) is 3. The first-order valence-electron chi connectivity index (χ1n) is 8.26. The number of methoxy groups -OCH3 is 1. The van der Waals surface area contributed by atoms with E-state index in [1.165, 1.54) is 11.1 Å². The number of benzene rings is 1. The Morgan fingerprint density at radius 2 is 2.00 bits per heavy atom. The van der Waals surface area contributed by atoms with Gasteiger partial charge in [-0.05, 0) is 55.7 Å². The van der Waals surface area contributed by atoms with Crippen molar-refractivity contribution in [3.05, 3.63) is 65.4 Å². The van der Waals surface area contributed by atoms with Gasteiger partial charge < -0.3 is 9.64 Å². The number of aromatic nitrogens is 1. The molecule has 0 N–H and O–H groups in total. The molecule has 2 heterocycles. The Balaban J connectivity index is 1.62. The predicted molar refractivity (Wildman–Crippen MR) is 98.4 cm³/mol. The third kappa shape index (κ3) is 3.97. The van der Waals surface area contributed by atoms with Gasteiger partial charge in [0.15, 0.2) is 0 Å². The van der Waals surface area contributed by atoms with E-state index in [0.717, 1.165) is 43.1 Å². The van der Waals surface area contributed by atoms with Crippen molar-refractivity contribution in [1.82, 2.24) is 4.98 Å². The quantitative estimate of drug-likeness (QED) is 0.783. The van der Waals surface area contributed by atoms with Gasteiger partial charge in [0.1, 0.15) is 11.6 Å². The monoisotopic (exact) mass is 318 g/mol. The summed E-state index contributed by atoms with van der Waals surface area (Å²) in [4.78, 5) is 6.88. The number of hydrogen-bond donors (Lipinski definition) is 0. The standard InChI is InChI=1S/C21H22N2O/c1-17-6-5-13-22-21(17)23-14-11-18(12-15-23)7-3-8-19-9-4-10-20(16-19)24-2/h4-7,9-10,13,16H,11-12,14-15H2,1-2H3. The molecule has 1 aromatic heterocycles. The minimum atomic E-state index is 0.841. The fraction of sp³-hybridized carbons (Fsp3) is 0.286. The molecule has 1 aliphatic rings. The van der Waals surface area contributed by atoms with Gasteiger partial charge in [-0.1, -0.05) is 29.5 Å². The molecule has 0 saturated carbocycles. The van der Waals surface area contributed by atoms with Crippen molar-refractivity contribution in [3.63, 3.8) is 0 Å². The molecule has 3 rings (SSSR count). The topological polar surface area (TPSA) is 25.4 Å². The summed E-state index contributed by atoms with van der Waals surface area (Å²) in [6, 6.07) is 12.0. The molecule has 0 amide bonds. The van der Waals surface area contributed by atoms with Crippen LogP contribution in [0.15, 0.2) is 54.2 Å². The summed E-state index contributed by atoms with van der Waals surface area (Å²) in [5, 5.41) is 0. The molecule has 2 aromatic rings. The Morgan fingerprint density at radius 1 is 1.17 bits per heavy atom. The number of aryl methyl sites for hydroxylation is 1. The van der Waals surface area contributed by atoms with E-state index < -0.39 is 0 Å². The van der Waals surface area contributed by atoms with Crippen molar-refractivity contribution in [1.29, 1.82) is 0 Å². The Kier molecular flexibility index (Phi) is 5.18. The van der Waals surface area contributed by atoms with E-state index in [0.29, 0.717) is 0 Å². The summed E-state index contributed by atoms with van der Waals surface area (Å²) in [6.07, 6.45) is 6.03. The maximum Gasteiger partial charge on any atom is 0.131 e. The molecule has 3 heteroatoms. The third-order valence-corrected chi connectivity index (χ3v) is 4.25. The molecule has 0 bridgehead atoms. The Bertz CT molecular complexity index is 789. The highest BCUT2D eigenvalue weighted by atomic mass is 16.5. The number of allylic oxidation sites excluding steroid dienone is 1. The fourth-order valence-corrected chi connectivity index (χ4v) is 2.88. The molecule has 1 aliphatic heterocycles. The van der Waals surface area contributed by atoms with Gasteiger partial charge in [-0.3, -0.25) is 0 Å². The molecule has 0 radical (unpaired) electrons. The molecule has 122 valence electrons. The molecule has 1 aromatic carbocycles. The second kappa shape index (κ2) is 7.70.